The summed E-state index contributed by atoms with van der Waals surface area (Å²) in [5, 5.41) is 17.9. The zero-order valence-electron chi connectivity index (χ0n) is 11.4. The van der Waals surface area contributed by atoms with Crippen molar-refractivity contribution in [1.29, 1.82) is 5.26 Å². The van der Waals surface area contributed by atoms with Crippen molar-refractivity contribution in [3.63, 3.8) is 0 Å². The average molecular weight is 299 g/mol. The summed E-state index contributed by atoms with van der Waals surface area (Å²) in [5.74, 6) is -0.147. The van der Waals surface area contributed by atoms with Crippen LogP contribution in [0.1, 0.15) is 11.1 Å². The van der Waals surface area contributed by atoms with E-state index >= 15 is 0 Å². The largest absolute Gasteiger partial charge is 0.497 e. The summed E-state index contributed by atoms with van der Waals surface area (Å²) in [7, 11) is 1.60. The molecule has 0 amide bonds. The minimum absolute atomic E-state index is 0.103. The summed E-state index contributed by atoms with van der Waals surface area (Å²) < 4.78 is 5.10. The molecular weight excluding hydrogens is 286 g/mol. The molecule has 0 saturated heterocycles. The number of rotatable bonds is 5. The van der Waals surface area contributed by atoms with Crippen LogP contribution in [0, 0.1) is 11.3 Å². The van der Waals surface area contributed by atoms with Crippen molar-refractivity contribution in [2.24, 2.45) is 0 Å². The lowest BCUT2D eigenvalue weighted by atomic mass is 10.1. The van der Waals surface area contributed by atoms with Crippen LogP contribution in [0.4, 0.5) is 0 Å². The Bertz CT molecular complexity index is 690. The Morgan fingerprint density at radius 2 is 2.00 bits per heavy atom. The Labute approximate surface area is 127 Å². The fourth-order valence-corrected chi connectivity index (χ4v) is 2.74. The van der Waals surface area contributed by atoms with Gasteiger partial charge in [0.15, 0.2) is 0 Å². The molecule has 0 aliphatic heterocycles. The first-order valence-electron chi connectivity index (χ1n) is 6.19. The number of carboxylic acids is 1. The first-order chi connectivity index (χ1) is 10.1. The van der Waals surface area contributed by atoms with E-state index < -0.39 is 5.97 Å². The summed E-state index contributed by atoms with van der Waals surface area (Å²) >= 11 is 1.47. The number of hydrogen-bond donors (Lipinski definition) is 1. The van der Waals surface area contributed by atoms with Gasteiger partial charge in [-0.3, -0.25) is 4.79 Å². The highest BCUT2D eigenvalue weighted by molar-refractivity contribution is 7.99. The number of methoxy groups -OCH3 is 1. The van der Waals surface area contributed by atoms with E-state index in [-0.39, 0.29) is 6.42 Å². The summed E-state index contributed by atoms with van der Waals surface area (Å²) in [5.41, 5.74) is 1.10. The number of hydrogen-bond acceptors (Lipinski definition) is 4. The zero-order chi connectivity index (χ0) is 15.2. The predicted molar refractivity (Wildman–Crippen MR) is 79.6 cm³/mol. The van der Waals surface area contributed by atoms with Gasteiger partial charge in [0.25, 0.3) is 0 Å². The highest BCUT2D eigenvalue weighted by atomic mass is 32.2. The second kappa shape index (κ2) is 6.82. The fraction of sp³-hybridized carbons (Fsp3) is 0.125. The molecule has 0 spiro atoms. The molecular formula is C16H13NO3S. The van der Waals surface area contributed by atoms with Crippen LogP contribution in [0.15, 0.2) is 52.3 Å². The van der Waals surface area contributed by atoms with E-state index in [9.17, 15) is 4.79 Å². The topological polar surface area (TPSA) is 70.3 Å². The first-order valence-corrected chi connectivity index (χ1v) is 7.00. The number of benzene rings is 2. The molecule has 0 unspecified atom stereocenters. The highest BCUT2D eigenvalue weighted by Gasteiger charge is 2.10. The Morgan fingerprint density at radius 1 is 1.29 bits per heavy atom. The van der Waals surface area contributed by atoms with Gasteiger partial charge < -0.3 is 9.84 Å². The molecule has 0 fully saturated rings. The molecule has 0 atom stereocenters. The van der Waals surface area contributed by atoms with Crippen molar-refractivity contribution >= 4 is 17.7 Å². The molecule has 106 valence electrons. The molecule has 1 N–H and O–H groups in total. The molecule has 0 aromatic heterocycles. The van der Waals surface area contributed by atoms with E-state index in [4.69, 9.17) is 15.1 Å². The fourth-order valence-electron chi connectivity index (χ4n) is 1.82. The Balaban J connectivity index is 2.29. The van der Waals surface area contributed by atoms with E-state index in [2.05, 4.69) is 0 Å². The van der Waals surface area contributed by atoms with Gasteiger partial charge in [-0.2, -0.15) is 5.26 Å². The van der Waals surface area contributed by atoms with Crippen molar-refractivity contribution in [3.8, 4) is 11.8 Å². The Hall–Kier alpha value is -2.45. The monoisotopic (exact) mass is 299 g/mol. The van der Waals surface area contributed by atoms with Crippen LogP contribution in [0.5, 0.6) is 5.75 Å². The molecule has 5 heteroatoms. The Kier molecular flexibility index (Phi) is 4.85. The lowest BCUT2D eigenvalue weighted by molar-refractivity contribution is -0.136. The van der Waals surface area contributed by atoms with Crippen LogP contribution < -0.4 is 4.74 Å². The average Bonchev–Trinajstić information content (AvgIpc) is 2.49. The van der Waals surface area contributed by atoms with Gasteiger partial charge in [-0.1, -0.05) is 11.8 Å². The summed E-state index contributed by atoms with van der Waals surface area (Å²) in [4.78, 5) is 12.8. The summed E-state index contributed by atoms with van der Waals surface area (Å²) in [6.45, 7) is 0. The minimum atomic E-state index is -0.915. The molecule has 0 aliphatic rings. The molecule has 0 radical (unpaired) electrons. The van der Waals surface area contributed by atoms with E-state index in [1.54, 1.807) is 25.3 Å². The second-order valence-corrected chi connectivity index (χ2v) is 5.40. The third-order valence-corrected chi connectivity index (χ3v) is 3.94. The van der Waals surface area contributed by atoms with E-state index in [0.29, 0.717) is 11.1 Å². The zero-order valence-corrected chi connectivity index (χ0v) is 12.2. The van der Waals surface area contributed by atoms with Gasteiger partial charge in [-0.05, 0) is 48.0 Å². The number of aliphatic carboxylic acids is 1. The van der Waals surface area contributed by atoms with Crippen molar-refractivity contribution in [2.75, 3.05) is 7.11 Å². The second-order valence-electron chi connectivity index (χ2n) is 4.28. The predicted octanol–water partition coefficient (Wildman–Crippen LogP) is 3.35. The quantitative estimate of drug-likeness (QED) is 0.916. The maximum absolute atomic E-state index is 10.9. The first kappa shape index (κ1) is 14.9. The van der Waals surface area contributed by atoms with Gasteiger partial charge in [0, 0.05) is 9.79 Å². The number of carboxylic acid groups (broad SMARTS) is 1. The lowest BCUT2D eigenvalue weighted by Crippen LogP contribution is -2.02. The molecule has 2 rings (SSSR count). The SMILES string of the molecule is COc1ccc(Sc2ccc(C#N)cc2CC(=O)O)cc1. The molecule has 0 heterocycles. The van der Waals surface area contributed by atoms with E-state index in [1.807, 2.05) is 30.3 Å². The van der Waals surface area contributed by atoms with Crippen LogP contribution in [0.3, 0.4) is 0 Å². The molecule has 2 aromatic rings. The standard InChI is InChI=1S/C16H13NO3S/c1-20-13-3-5-14(6-4-13)21-15-7-2-11(10-17)8-12(15)9-16(18)19/h2-8H,9H2,1H3,(H,18,19). The van der Waals surface area contributed by atoms with Crippen molar-refractivity contribution < 1.29 is 14.6 Å². The minimum Gasteiger partial charge on any atom is -0.497 e. The highest BCUT2D eigenvalue weighted by Crippen LogP contribution is 2.32. The molecule has 4 nitrogen and oxygen atoms in total. The maximum atomic E-state index is 10.9. The Morgan fingerprint density at radius 3 is 2.57 bits per heavy atom. The van der Waals surface area contributed by atoms with E-state index in [1.165, 1.54) is 11.8 Å². The smallest absolute Gasteiger partial charge is 0.307 e. The van der Waals surface area contributed by atoms with Crippen molar-refractivity contribution in [3.05, 3.63) is 53.6 Å². The van der Waals surface area contributed by atoms with Crippen LogP contribution in [-0.4, -0.2) is 18.2 Å². The van der Waals surface area contributed by atoms with Gasteiger partial charge in [-0.15, -0.1) is 0 Å². The van der Waals surface area contributed by atoms with E-state index in [0.717, 1.165) is 15.5 Å². The van der Waals surface area contributed by atoms with Gasteiger partial charge in [-0.25, -0.2) is 0 Å². The molecule has 0 aliphatic carbocycles. The van der Waals surface area contributed by atoms with Gasteiger partial charge in [0.2, 0.25) is 0 Å². The van der Waals surface area contributed by atoms with Crippen molar-refractivity contribution in [2.45, 2.75) is 16.2 Å². The molecule has 2 aromatic carbocycles. The molecule has 0 bridgehead atoms. The number of nitrogens with zero attached hydrogens (tertiary/aromatic N) is 1. The van der Waals surface area contributed by atoms with Crippen LogP contribution >= 0.6 is 11.8 Å². The lowest BCUT2D eigenvalue weighted by Gasteiger charge is -2.08. The number of carbonyl (C=O) groups is 1. The van der Waals surface area contributed by atoms with Gasteiger partial charge in [0.1, 0.15) is 5.75 Å². The summed E-state index contributed by atoms with van der Waals surface area (Å²) in [6, 6.07) is 14.6. The third kappa shape index (κ3) is 4.01. The van der Waals surface area contributed by atoms with Crippen LogP contribution in [0.25, 0.3) is 0 Å². The molecule has 0 saturated carbocycles. The maximum Gasteiger partial charge on any atom is 0.307 e. The third-order valence-electron chi connectivity index (χ3n) is 2.82. The summed E-state index contributed by atoms with van der Waals surface area (Å²) in [6.07, 6.45) is -0.103. The van der Waals surface area contributed by atoms with Crippen molar-refractivity contribution in [1.82, 2.24) is 0 Å². The molecule has 21 heavy (non-hydrogen) atoms. The number of ether oxygens (including phenoxy) is 1. The van der Waals surface area contributed by atoms with Gasteiger partial charge in [0.05, 0.1) is 25.2 Å². The van der Waals surface area contributed by atoms with Gasteiger partial charge >= 0.3 is 5.97 Å². The normalized spacial score (nSPS) is 9.90. The van der Waals surface area contributed by atoms with Crippen LogP contribution in [0.2, 0.25) is 0 Å². The van der Waals surface area contributed by atoms with Crippen LogP contribution in [-0.2, 0) is 11.2 Å². The number of nitriles is 1.